The van der Waals surface area contributed by atoms with Gasteiger partial charge in [0.15, 0.2) is 0 Å². The van der Waals surface area contributed by atoms with Crippen LogP contribution in [0.1, 0.15) is 40.0 Å². The van der Waals surface area contributed by atoms with Crippen molar-refractivity contribution in [3.05, 3.63) is 36.7 Å². The van der Waals surface area contributed by atoms with Crippen LogP contribution in [0.2, 0.25) is 25.7 Å². The molecule has 2 aromatic heterocycles. The molecule has 0 saturated carbocycles. The van der Waals surface area contributed by atoms with Crippen molar-refractivity contribution >= 4 is 36.7 Å². The van der Waals surface area contributed by atoms with Gasteiger partial charge in [0, 0.05) is 65.1 Å². The summed E-state index contributed by atoms with van der Waals surface area (Å²) in [5.41, 5.74) is 2.32. The number of piperidine rings is 1. The molecular weight excluding hydrogens is 704 g/mol. The Morgan fingerprint density at radius 3 is 2.34 bits per heavy atom. The summed E-state index contributed by atoms with van der Waals surface area (Å²) in [6.45, 7) is 18.2. The fourth-order valence-electron chi connectivity index (χ4n) is 7.52. The maximum absolute atomic E-state index is 14.7. The van der Waals surface area contributed by atoms with Crippen LogP contribution in [0.3, 0.4) is 0 Å². The van der Waals surface area contributed by atoms with Gasteiger partial charge in [0.2, 0.25) is 0 Å². The van der Waals surface area contributed by atoms with E-state index in [1.807, 2.05) is 37.5 Å². The summed E-state index contributed by atoms with van der Waals surface area (Å²) in [6, 6.07) is 8.75. The van der Waals surface area contributed by atoms with Gasteiger partial charge in [0.25, 0.3) is 0 Å². The van der Waals surface area contributed by atoms with Gasteiger partial charge in [-0.25, -0.2) is 14.8 Å². The van der Waals surface area contributed by atoms with E-state index < -0.39 is 31.8 Å². The molecule has 1 N–H and O–H groups in total. The van der Waals surface area contributed by atoms with Crippen LogP contribution >= 0.6 is 0 Å². The molecule has 0 spiro atoms. The predicted octanol–water partition coefficient (Wildman–Crippen LogP) is 7.31. The SMILES string of the molecule is CC(C)(C)OC(=O)N1CCC(N2CC[C@@H](C(Nc3ccc(-c4cc5c(N6CCOCC6)ncnc5n4COCC[Si](C)(C)C)cc3)C(F)(F)F)C2)CC1. The largest absolute Gasteiger partial charge is 0.444 e. The van der Waals surface area contributed by atoms with Crippen LogP contribution in [-0.4, -0.2) is 121 Å². The number of halogens is 3. The second-order valence-corrected chi connectivity index (χ2v) is 22.4. The number of morpholine rings is 1. The number of rotatable bonds is 11. The van der Waals surface area contributed by atoms with Crippen molar-refractivity contribution in [3.8, 4) is 11.3 Å². The molecule has 3 fully saturated rings. The summed E-state index contributed by atoms with van der Waals surface area (Å²) in [7, 11) is -1.30. The first-order chi connectivity index (χ1) is 25.1. The van der Waals surface area contributed by atoms with Crippen molar-refractivity contribution in [1.29, 1.82) is 0 Å². The van der Waals surface area contributed by atoms with E-state index in [1.165, 1.54) is 0 Å². The first-order valence-electron chi connectivity index (χ1n) is 19.0. The van der Waals surface area contributed by atoms with Crippen LogP contribution < -0.4 is 10.2 Å². The minimum Gasteiger partial charge on any atom is -0.444 e. The number of likely N-dealkylation sites (tertiary alicyclic amines) is 2. The first-order valence-corrected chi connectivity index (χ1v) is 22.7. The van der Waals surface area contributed by atoms with Gasteiger partial charge in [-0.05, 0) is 76.4 Å². The van der Waals surface area contributed by atoms with Gasteiger partial charge in [-0.2, -0.15) is 13.2 Å². The Morgan fingerprint density at radius 2 is 1.70 bits per heavy atom. The average molecular weight is 760 g/mol. The van der Waals surface area contributed by atoms with Gasteiger partial charge in [0.1, 0.15) is 36.2 Å². The highest BCUT2D eigenvalue weighted by Crippen LogP contribution is 2.37. The molecule has 6 rings (SSSR count). The molecule has 3 aliphatic heterocycles. The zero-order valence-electron chi connectivity index (χ0n) is 32.0. The topological polar surface area (TPSA) is 97.2 Å². The van der Waals surface area contributed by atoms with Gasteiger partial charge in [-0.15, -0.1) is 0 Å². The molecule has 1 amide bonds. The Morgan fingerprint density at radius 1 is 1.00 bits per heavy atom. The van der Waals surface area contributed by atoms with Crippen molar-refractivity contribution in [2.45, 2.75) is 96.3 Å². The molecule has 11 nitrogen and oxygen atoms in total. The van der Waals surface area contributed by atoms with Crippen molar-refractivity contribution in [3.63, 3.8) is 0 Å². The second-order valence-electron chi connectivity index (χ2n) is 16.8. The lowest BCUT2D eigenvalue weighted by molar-refractivity contribution is -0.152. The number of aromatic nitrogens is 3. The Kier molecular flexibility index (Phi) is 12.0. The van der Waals surface area contributed by atoms with E-state index >= 15 is 0 Å². The van der Waals surface area contributed by atoms with Crippen LogP contribution in [0.5, 0.6) is 0 Å². The van der Waals surface area contributed by atoms with Crippen molar-refractivity contribution in [2.75, 3.05) is 69.3 Å². The summed E-state index contributed by atoms with van der Waals surface area (Å²) in [6.07, 6.45) is -1.29. The van der Waals surface area contributed by atoms with Crippen LogP contribution in [0.15, 0.2) is 36.7 Å². The number of nitrogens with one attached hydrogen (secondary N) is 1. The molecular formula is C38H56F3N7O4Si. The quantitative estimate of drug-likeness (QED) is 0.160. The summed E-state index contributed by atoms with van der Waals surface area (Å²) >= 11 is 0. The van der Waals surface area contributed by atoms with Crippen molar-refractivity contribution < 1.29 is 32.2 Å². The van der Waals surface area contributed by atoms with Crippen molar-refractivity contribution in [1.82, 2.24) is 24.3 Å². The number of hydrogen-bond donors (Lipinski definition) is 1. The van der Waals surface area contributed by atoms with Gasteiger partial charge < -0.3 is 33.9 Å². The Bertz CT molecular complexity index is 1680. The molecule has 3 aliphatic rings. The van der Waals surface area contributed by atoms with E-state index in [1.54, 1.807) is 23.4 Å². The normalized spacial score (nSPS) is 20.3. The van der Waals surface area contributed by atoms with E-state index in [4.69, 9.17) is 14.2 Å². The van der Waals surface area contributed by atoms with E-state index in [-0.39, 0.29) is 12.1 Å². The average Bonchev–Trinajstić information content (AvgIpc) is 3.74. The monoisotopic (exact) mass is 759 g/mol. The molecule has 2 atom stereocenters. The second kappa shape index (κ2) is 16.1. The first kappa shape index (κ1) is 39.3. The molecule has 0 radical (unpaired) electrons. The zero-order chi connectivity index (χ0) is 38.0. The standard InChI is InChI=1S/C38H56F3N7O4Si/c1-37(2,3)52-36(49)46-15-12-30(13-16-46)47-14-11-28(24-47)33(38(39,40)41)44-29-9-7-27(8-10-29)32-23-31-34(45-17-19-50-20-18-45)42-25-43-35(31)48(32)26-51-21-22-53(4,5)6/h7-10,23,25,28,30,33,44H,11-22,24,26H2,1-6H3/t28-,33?/m1/s1. The number of hydrogen-bond acceptors (Lipinski definition) is 9. The number of alkyl halides is 3. The highest BCUT2D eigenvalue weighted by atomic mass is 28.3. The molecule has 53 heavy (non-hydrogen) atoms. The fraction of sp³-hybridized carbons (Fsp3) is 0.658. The number of amides is 1. The van der Waals surface area contributed by atoms with E-state index in [9.17, 15) is 18.0 Å². The molecule has 0 aliphatic carbocycles. The molecule has 3 saturated heterocycles. The Labute approximate surface area is 312 Å². The lowest BCUT2D eigenvalue weighted by atomic mass is 9.97. The van der Waals surface area contributed by atoms with Gasteiger partial charge >= 0.3 is 12.3 Å². The summed E-state index contributed by atoms with van der Waals surface area (Å²) in [4.78, 5) is 27.9. The maximum Gasteiger partial charge on any atom is 0.410 e. The van der Waals surface area contributed by atoms with E-state index in [0.717, 1.165) is 60.1 Å². The minimum absolute atomic E-state index is 0.145. The van der Waals surface area contributed by atoms with Gasteiger partial charge in [0.05, 0.1) is 24.3 Å². The third kappa shape index (κ3) is 10.0. The molecule has 5 heterocycles. The zero-order valence-corrected chi connectivity index (χ0v) is 33.0. The number of ether oxygens (including phenoxy) is 3. The Hall–Kier alpha value is -3.40. The van der Waals surface area contributed by atoms with E-state index in [0.29, 0.717) is 64.8 Å². The molecule has 3 aromatic rings. The van der Waals surface area contributed by atoms with Crippen LogP contribution in [0.25, 0.3) is 22.3 Å². The van der Waals surface area contributed by atoms with Gasteiger partial charge in [-0.3, -0.25) is 4.90 Å². The smallest absolute Gasteiger partial charge is 0.410 e. The third-order valence-electron chi connectivity index (χ3n) is 10.4. The highest BCUT2D eigenvalue weighted by molar-refractivity contribution is 6.76. The number of benzene rings is 1. The summed E-state index contributed by atoms with van der Waals surface area (Å²) in [5, 5.41) is 3.77. The van der Waals surface area contributed by atoms with Gasteiger partial charge in [-0.1, -0.05) is 31.8 Å². The molecule has 292 valence electrons. The number of anilines is 2. The summed E-state index contributed by atoms with van der Waals surface area (Å²) < 4.78 is 63.3. The predicted molar refractivity (Wildman–Crippen MR) is 204 cm³/mol. The molecule has 0 bridgehead atoms. The number of carbonyl (C=O) groups is 1. The highest BCUT2D eigenvalue weighted by Gasteiger charge is 2.47. The minimum atomic E-state index is -4.42. The Balaban J connectivity index is 1.16. The maximum atomic E-state index is 14.7. The van der Waals surface area contributed by atoms with Crippen LogP contribution in [-0.2, 0) is 20.9 Å². The lowest BCUT2D eigenvalue weighted by Crippen LogP contribution is -2.48. The summed E-state index contributed by atoms with van der Waals surface area (Å²) in [5.74, 6) is 0.248. The third-order valence-corrected chi connectivity index (χ3v) is 12.1. The molecule has 1 aromatic carbocycles. The van der Waals surface area contributed by atoms with E-state index in [2.05, 4.69) is 50.8 Å². The fourth-order valence-corrected chi connectivity index (χ4v) is 8.28. The lowest BCUT2D eigenvalue weighted by Gasteiger charge is -2.37. The van der Waals surface area contributed by atoms with Crippen LogP contribution in [0, 0.1) is 5.92 Å². The molecule has 15 heteroatoms. The number of carbonyl (C=O) groups excluding carboxylic acids is 1. The van der Waals surface area contributed by atoms with Crippen LogP contribution in [0.4, 0.5) is 29.5 Å². The number of nitrogens with zero attached hydrogens (tertiary/aromatic N) is 6. The van der Waals surface area contributed by atoms with Crippen molar-refractivity contribution in [2.24, 2.45) is 5.92 Å². The molecule has 1 unspecified atom stereocenters. The number of fused-ring (bicyclic) bond motifs is 1.